The summed E-state index contributed by atoms with van der Waals surface area (Å²) in [6, 6.07) is 23.5. The van der Waals surface area contributed by atoms with E-state index < -0.39 is 0 Å². The van der Waals surface area contributed by atoms with Crippen molar-refractivity contribution in [2.45, 2.75) is 6.54 Å². The molecule has 0 bridgehead atoms. The normalized spacial score (nSPS) is 12.3. The van der Waals surface area contributed by atoms with Crippen LogP contribution in [0.1, 0.15) is 15.9 Å². The first-order chi connectivity index (χ1) is 13.3. The Hall–Kier alpha value is -3.53. The minimum absolute atomic E-state index is 0.0344. The summed E-state index contributed by atoms with van der Waals surface area (Å²) >= 11 is 0. The van der Waals surface area contributed by atoms with Crippen molar-refractivity contribution in [3.05, 3.63) is 96.2 Å². The molecule has 0 unspecified atom stereocenters. The molecule has 0 atom stereocenters. The molecule has 0 aromatic heterocycles. The molecule has 4 rings (SSSR count). The third-order valence-electron chi connectivity index (χ3n) is 4.37. The second kappa shape index (κ2) is 7.79. The molecule has 0 spiro atoms. The van der Waals surface area contributed by atoms with Gasteiger partial charge in [-0.25, -0.2) is 0 Å². The van der Waals surface area contributed by atoms with Crippen LogP contribution < -0.4 is 14.8 Å². The molecule has 1 heterocycles. The SMILES string of the molecule is O=C(/C=C/NCc1ccc2c(c1)OCO2)c1ccc(-c2ccccc2)cc1. The van der Waals surface area contributed by atoms with Gasteiger partial charge in [-0.1, -0.05) is 60.7 Å². The molecule has 1 aliphatic rings. The van der Waals surface area contributed by atoms with Crippen LogP contribution in [0.3, 0.4) is 0 Å². The highest BCUT2D eigenvalue weighted by Crippen LogP contribution is 2.32. The summed E-state index contributed by atoms with van der Waals surface area (Å²) in [6.45, 7) is 0.872. The van der Waals surface area contributed by atoms with Gasteiger partial charge in [0.15, 0.2) is 17.3 Å². The number of rotatable bonds is 6. The van der Waals surface area contributed by atoms with Gasteiger partial charge in [0.25, 0.3) is 0 Å². The maximum absolute atomic E-state index is 12.3. The van der Waals surface area contributed by atoms with E-state index in [9.17, 15) is 4.79 Å². The number of benzene rings is 3. The average molecular weight is 357 g/mol. The Morgan fingerprint density at radius 1 is 0.889 bits per heavy atom. The smallest absolute Gasteiger partial charge is 0.231 e. The minimum Gasteiger partial charge on any atom is -0.454 e. The zero-order valence-corrected chi connectivity index (χ0v) is 14.7. The van der Waals surface area contributed by atoms with Gasteiger partial charge in [0.05, 0.1) is 0 Å². The van der Waals surface area contributed by atoms with E-state index in [1.807, 2.05) is 60.7 Å². The minimum atomic E-state index is -0.0344. The number of hydrogen-bond donors (Lipinski definition) is 1. The molecule has 27 heavy (non-hydrogen) atoms. The molecule has 1 aliphatic heterocycles. The van der Waals surface area contributed by atoms with Crippen molar-refractivity contribution >= 4 is 5.78 Å². The van der Waals surface area contributed by atoms with E-state index in [0.717, 1.165) is 28.2 Å². The van der Waals surface area contributed by atoms with Crippen LogP contribution >= 0.6 is 0 Å². The molecule has 0 saturated carbocycles. The van der Waals surface area contributed by atoms with E-state index >= 15 is 0 Å². The zero-order chi connectivity index (χ0) is 18.5. The number of carbonyl (C=O) groups excluding carboxylic acids is 1. The largest absolute Gasteiger partial charge is 0.454 e. The fraction of sp³-hybridized carbons (Fsp3) is 0.0870. The Kier molecular flexibility index (Phi) is 4.88. The summed E-state index contributed by atoms with van der Waals surface area (Å²) in [6.07, 6.45) is 3.22. The topological polar surface area (TPSA) is 47.6 Å². The third kappa shape index (κ3) is 4.01. The van der Waals surface area contributed by atoms with Crippen LogP contribution in [0.5, 0.6) is 11.5 Å². The number of nitrogens with one attached hydrogen (secondary N) is 1. The van der Waals surface area contributed by atoms with Crippen LogP contribution in [0, 0.1) is 0 Å². The molecular weight excluding hydrogens is 338 g/mol. The molecule has 0 radical (unpaired) electrons. The first kappa shape index (κ1) is 16.9. The Balaban J connectivity index is 1.33. The lowest BCUT2D eigenvalue weighted by molar-refractivity contribution is 0.104. The summed E-state index contributed by atoms with van der Waals surface area (Å²) in [5, 5.41) is 3.13. The lowest BCUT2D eigenvalue weighted by Gasteiger charge is -2.04. The van der Waals surface area contributed by atoms with Gasteiger partial charge in [-0.2, -0.15) is 0 Å². The average Bonchev–Trinajstić information content (AvgIpc) is 3.20. The van der Waals surface area contributed by atoms with Crippen LogP contribution in [0.2, 0.25) is 0 Å². The number of carbonyl (C=O) groups is 1. The maximum atomic E-state index is 12.3. The lowest BCUT2D eigenvalue weighted by atomic mass is 10.0. The fourth-order valence-corrected chi connectivity index (χ4v) is 2.92. The van der Waals surface area contributed by atoms with Crippen molar-refractivity contribution in [1.82, 2.24) is 5.32 Å². The summed E-state index contributed by atoms with van der Waals surface area (Å²) in [7, 11) is 0. The van der Waals surface area contributed by atoms with Crippen LogP contribution in [0.25, 0.3) is 11.1 Å². The molecule has 0 fully saturated rings. The van der Waals surface area contributed by atoms with Crippen LogP contribution in [0.15, 0.2) is 85.1 Å². The van der Waals surface area contributed by atoms with E-state index in [1.165, 1.54) is 0 Å². The molecule has 134 valence electrons. The highest BCUT2D eigenvalue weighted by molar-refractivity contribution is 6.04. The highest BCUT2D eigenvalue weighted by Gasteiger charge is 2.12. The molecule has 0 saturated heterocycles. The van der Waals surface area contributed by atoms with Crippen molar-refractivity contribution in [2.75, 3.05) is 6.79 Å². The van der Waals surface area contributed by atoms with Gasteiger partial charge in [-0.3, -0.25) is 4.79 Å². The van der Waals surface area contributed by atoms with E-state index in [1.54, 1.807) is 12.3 Å². The number of hydrogen-bond acceptors (Lipinski definition) is 4. The predicted molar refractivity (Wildman–Crippen MR) is 105 cm³/mol. The number of allylic oxidation sites excluding steroid dienone is 1. The molecule has 0 aliphatic carbocycles. The van der Waals surface area contributed by atoms with E-state index in [4.69, 9.17) is 9.47 Å². The van der Waals surface area contributed by atoms with Crippen molar-refractivity contribution < 1.29 is 14.3 Å². The Morgan fingerprint density at radius 3 is 2.44 bits per heavy atom. The summed E-state index contributed by atoms with van der Waals surface area (Å²) in [5.74, 6) is 1.49. The van der Waals surface area contributed by atoms with E-state index in [0.29, 0.717) is 12.1 Å². The second-order valence-corrected chi connectivity index (χ2v) is 6.21. The Bertz CT molecular complexity index is 963. The van der Waals surface area contributed by atoms with Crippen molar-refractivity contribution in [1.29, 1.82) is 0 Å². The monoisotopic (exact) mass is 357 g/mol. The summed E-state index contributed by atoms with van der Waals surface area (Å²) in [4.78, 5) is 12.3. The van der Waals surface area contributed by atoms with Gasteiger partial charge in [0.2, 0.25) is 6.79 Å². The maximum Gasteiger partial charge on any atom is 0.231 e. The molecule has 4 nitrogen and oxygen atoms in total. The van der Waals surface area contributed by atoms with Crippen LogP contribution in [-0.4, -0.2) is 12.6 Å². The van der Waals surface area contributed by atoms with Gasteiger partial charge in [-0.05, 0) is 28.8 Å². The van der Waals surface area contributed by atoms with Crippen molar-refractivity contribution in [3.63, 3.8) is 0 Å². The van der Waals surface area contributed by atoms with E-state index in [-0.39, 0.29) is 12.6 Å². The fourth-order valence-electron chi connectivity index (χ4n) is 2.92. The molecule has 0 amide bonds. The Labute approximate surface area is 158 Å². The van der Waals surface area contributed by atoms with Crippen molar-refractivity contribution in [3.8, 4) is 22.6 Å². The predicted octanol–water partition coefficient (Wildman–Crippen LogP) is 4.57. The standard InChI is InChI=1S/C23H19NO3/c25-21(20-9-7-19(8-10-20)18-4-2-1-3-5-18)12-13-24-15-17-6-11-22-23(14-17)27-16-26-22/h1-14,24H,15-16H2/b13-12+. The summed E-state index contributed by atoms with van der Waals surface area (Å²) < 4.78 is 10.7. The van der Waals surface area contributed by atoms with Gasteiger partial charge in [-0.15, -0.1) is 0 Å². The Morgan fingerprint density at radius 2 is 1.63 bits per heavy atom. The van der Waals surface area contributed by atoms with Crippen molar-refractivity contribution in [2.24, 2.45) is 0 Å². The number of fused-ring (bicyclic) bond motifs is 1. The third-order valence-corrected chi connectivity index (χ3v) is 4.37. The lowest BCUT2D eigenvalue weighted by Crippen LogP contribution is -2.06. The van der Waals surface area contributed by atoms with Crippen LogP contribution in [-0.2, 0) is 6.54 Å². The number of ether oxygens (including phenoxy) is 2. The first-order valence-electron chi connectivity index (χ1n) is 8.78. The molecule has 4 heteroatoms. The highest BCUT2D eigenvalue weighted by atomic mass is 16.7. The van der Waals surface area contributed by atoms with Gasteiger partial charge in [0.1, 0.15) is 0 Å². The van der Waals surface area contributed by atoms with Crippen LogP contribution in [0.4, 0.5) is 0 Å². The summed E-state index contributed by atoms with van der Waals surface area (Å²) in [5.41, 5.74) is 3.95. The van der Waals surface area contributed by atoms with Gasteiger partial charge >= 0.3 is 0 Å². The zero-order valence-electron chi connectivity index (χ0n) is 14.7. The quantitative estimate of drug-likeness (QED) is 0.519. The van der Waals surface area contributed by atoms with E-state index in [2.05, 4.69) is 17.4 Å². The molecule has 3 aromatic carbocycles. The molecule has 3 aromatic rings. The van der Waals surface area contributed by atoms with Gasteiger partial charge in [0, 0.05) is 24.4 Å². The molecular formula is C23H19NO3. The second-order valence-electron chi connectivity index (χ2n) is 6.21. The number of ketones is 1. The molecule has 1 N–H and O–H groups in total. The van der Waals surface area contributed by atoms with Gasteiger partial charge < -0.3 is 14.8 Å². The first-order valence-corrected chi connectivity index (χ1v) is 8.78.